The zero-order valence-corrected chi connectivity index (χ0v) is 12.0. The minimum absolute atomic E-state index is 0.183. The highest BCUT2D eigenvalue weighted by Crippen LogP contribution is 2.31. The van der Waals surface area contributed by atoms with Gasteiger partial charge in [-0.15, -0.1) is 0 Å². The molecule has 0 fully saturated rings. The Morgan fingerprint density at radius 3 is 2.55 bits per heavy atom. The van der Waals surface area contributed by atoms with E-state index in [4.69, 9.17) is 11.6 Å². The van der Waals surface area contributed by atoms with Crippen LogP contribution in [0.15, 0.2) is 36.4 Å². The summed E-state index contributed by atoms with van der Waals surface area (Å²) in [6.07, 6.45) is 1.06. The second-order valence-corrected chi connectivity index (χ2v) is 5.02. The van der Waals surface area contributed by atoms with Gasteiger partial charge in [-0.2, -0.15) is 0 Å². The van der Waals surface area contributed by atoms with Gasteiger partial charge in [0.2, 0.25) is 0 Å². The standard InChI is InChI=1S/C16H16ClF2N/c1-2-7-20-10-11-3-5-13(15(17)8-11)14-9-12(18)4-6-16(14)19/h3-6,8-9,20H,2,7,10H2,1H3. The third kappa shape index (κ3) is 3.56. The van der Waals surface area contributed by atoms with Gasteiger partial charge < -0.3 is 5.32 Å². The highest BCUT2D eigenvalue weighted by Gasteiger charge is 2.10. The van der Waals surface area contributed by atoms with Crippen LogP contribution in [-0.2, 0) is 6.54 Å². The predicted molar refractivity (Wildman–Crippen MR) is 78.8 cm³/mol. The van der Waals surface area contributed by atoms with Crippen molar-refractivity contribution in [3.8, 4) is 11.1 Å². The molecule has 0 aromatic heterocycles. The first-order valence-corrected chi connectivity index (χ1v) is 6.94. The maximum Gasteiger partial charge on any atom is 0.131 e. The summed E-state index contributed by atoms with van der Waals surface area (Å²) in [7, 11) is 0. The van der Waals surface area contributed by atoms with Crippen molar-refractivity contribution in [3.63, 3.8) is 0 Å². The van der Waals surface area contributed by atoms with Crippen molar-refractivity contribution in [2.45, 2.75) is 19.9 Å². The number of hydrogen-bond donors (Lipinski definition) is 1. The molecule has 0 heterocycles. The van der Waals surface area contributed by atoms with E-state index in [0.29, 0.717) is 17.1 Å². The Morgan fingerprint density at radius 2 is 1.85 bits per heavy atom. The Morgan fingerprint density at radius 1 is 1.05 bits per heavy atom. The normalized spacial score (nSPS) is 10.8. The van der Waals surface area contributed by atoms with Crippen LogP contribution in [0.2, 0.25) is 5.02 Å². The topological polar surface area (TPSA) is 12.0 Å². The molecule has 0 saturated carbocycles. The van der Waals surface area contributed by atoms with Gasteiger partial charge in [0.25, 0.3) is 0 Å². The highest BCUT2D eigenvalue weighted by atomic mass is 35.5. The zero-order valence-electron chi connectivity index (χ0n) is 11.2. The summed E-state index contributed by atoms with van der Waals surface area (Å²) >= 11 is 6.18. The van der Waals surface area contributed by atoms with Gasteiger partial charge in [-0.3, -0.25) is 0 Å². The van der Waals surface area contributed by atoms with Crippen molar-refractivity contribution in [2.24, 2.45) is 0 Å². The first-order valence-electron chi connectivity index (χ1n) is 6.56. The van der Waals surface area contributed by atoms with Gasteiger partial charge in [-0.25, -0.2) is 8.78 Å². The molecule has 0 radical (unpaired) electrons. The van der Waals surface area contributed by atoms with E-state index >= 15 is 0 Å². The maximum absolute atomic E-state index is 13.7. The third-order valence-electron chi connectivity index (χ3n) is 3.01. The molecule has 106 valence electrons. The first kappa shape index (κ1) is 14.9. The molecule has 0 amide bonds. The summed E-state index contributed by atoms with van der Waals surface area (Å²) in [5, 5.41) is 3.69. The van der Waals surface area contributed by atoms with E-state index in [1.165, 1.54) is 0 Å². The van der Waals surface area contributed by atoms with E-state index < -0.39 is 11.6 Å². The number of hydrogen-bond acceptors (Lipinski definition) is 1. The minimum Gasteiger partial charge on any atom is -0.313 e. The summed E-state index contributed by atoms with van der Waals surface area (Å²) in [5.74, 6) is -0.962. The van der Waals surface area contributed by atoms with Gasteiger partial charge in [-0.05, 0) is 42.8 Å². The molecular weight excluding hydrogens is 280 g/mol. The molecule has 1 N–H and O–H groups in total. The number of nitrogens with one attached hydrogen (secondary N) is 1. The fraction of sp³-hybridized carbons (Fsp3) is 0.250. The van der Waals surface area contributed by atoms with Crippen LogP contribution in [0.3, 0.4) is 0 Å². The smallest absolute Gasteiger partial charge is 0.131 e. The van der Waals surface area contributed by atoms with E-state index in [0.717, 1.165) is 36.7 Å². The fourth-order valence-electron chi connectivity index (χ4n) is 2.00. The van der Waals surface area contributed by atoms with Crippen molar-refractivity contribution in [2.75, 3.05) is 6.54 Å². The summed E-state index contributed by atoms with van der Waals surface area (Å²) in [4.78, 5) is 0. The van der Waals surface area contributed by atoms with Crippen LogP contribution in [0.1, 0.15) is 18.9 Å². The first-order chi connectivity index (χ1) is 9.61. The minimum atomic E-state index is -0.481. The Labute approximate surface area is 122 Å². The number of rotatable bonds is 5. The molecule has 0 aliphatic rings. The van der Waals surface area contributed by atoms with Gasteiger partial charge in [0.15, 0.2) is 0 Å². The molecule has 4 heteroatoms. The van der Waals surface area contributed by atoms with Gasteiger partial charge in [-0.1, -0.05) is 30.7 Å². The van der Waals surface area contributed by atoms with Crippen LogP contribution in [0.4, 0.5) is 8.78 Å². The lowest BCUT2D eigenvalue weighted by Gasteiger charge is -2.09. The van der Waals surface area contributed by atoms with Gasteiger partial charge in [0, 0.05) is 22.7 Å². The second-order valence-electron chi connectivity index (χ2n) is 4.62. The molecule has 0 saturated heterocycles. The van der Waals surface area contributed by atoms with Crippen molar-refractivity contribution in [1.29, 1.82) is 0 Å². The number of benzene rings is 2. The Hall–Kier alpha value is -1.45. The second kappa shape index (κ2) is 6.82. The van der Waals surface area contributed by atoms with Crippen LogP contribution in [-0.4, -0.2) is 6.54 Å². The average molecular weight is 296 g/mol. The zero-order chi connectivity index (χ0) is 14.5. The summed E-state index contributed by atoms with van der Waals surface area (Å²) < 4.78 is 27.0. The molecule has 1 nitrogen and oxygen atoms in total. The average Bonchev–Trinajstić information content (AvgIpc) is 2.42. The molecule has 2 aromatic rings. The molecule has 0 spiro atoms. The Kier molecular flexibility index (Phi) is 5.10. The van der Waals surface area contributed by atoms with Crippen LogP contribution in [0, 0.1) is 11.6 Å². The molecule has 0 unspecified atom stereocenters. The molecule has 0 aliphatic carbocycles. The van der Waals surface area contributed by atoms with Crippen LogP contribution < -0.4 is 5.32 Å². The molecule has 2 rings (SSSR count). The molecule has 0 aliphatic heterocycles. The molecule has 2 aromatic carbocycles. The van der Waals surface area contributed by atoms with E-state index in [2.05, 4.69) is 12.2 Å². The quantitative estimate of drug-likeness (QED) is 0.782. The lowest BCUT2D eigenvalue weighted by atomic mass is 10.0. The third-order valence-corrected chi connectivity index (χ3v) is 3.32. The monoisotopic (exact) mass is 295 g/mol. The van der Waals surface area contributed by atoms with Crippen molar-refractivity contribution >= 4 is 11.6 Å². The summed E-state index contributed by atoms with van der Waals surface area (Å²) in [6, 6.07) is 8.74. The van der Waals surface area contributed by atoms with Crippen LogP contribution in [0.25, 0.3) is 11.1 Å². The number of halogens is 3. The van der Waals surface area contributed by atoms with Crippen LogP contribution >= 0.6 is 11.6 Å². The predicted octanol–water partition coefficient (Wildman–Crippen LogP) is 4.78. The molecule has 0 bridgehead atoms. The van der Waals surface area contributed by atoms with Crippen LogP contribution in [0.5, 0.6) is 0 Å². The fourth-order valence-corrected chi connectivity index (χ4v) is 2.31. The van der Waals surface area contributed by atoms with E-state index in [9.17, 15) is 8.78 Å². The largest absolute Gasteiger partial charge is 0.313 e. The van der Waals surface area contributed by atoms with Gasteiger partial charge >= 0.3 is 0 Å². The summed E-state index contributed by atoms with van der Waals surface area (Å²) in [5.41, 5.74) is 1.70. The van der Waals surface area contributed by atoms with Gasteiger partial charge in [0.05, 0.1) is 0 Å². The van der Waals surface area contributed by atoms with E-state index in [1.54, 1.807) is 12.1 Å². The Bertz CT molecular complexity index is 599. The maximum atomic E-state index is 13.7. The van der Waals surface area contributed by atoms with Crippen molar-refractivity contribution in [1.82, 2.24) is 5.32 Å². The van der Waals surface area contributed by atoms with Crippen molar-refractivity contribution in [3.05, 3.63) is 58.6 Å². The van der Waals surface area contributed by atoms with E-state index in [1.807, 2.05) is 6.07 Å². The molecular formula is C16H16ClF2N. The lowest BCUT2D eigenvalue weighted by molar-refractivity contribution is 0.603. The molecule has 20 heavy (non-hydrogen) atoms. The van der Waals surface area contributed by atoms with Gasteiger partial charge in [0.1, 0.15) is 11.6 Å². The van der Waals surface area contributed by atoms with Crippen molar-refractivity contribution < 1.29 is 8.78 Å². The molecule has 0 atom stereocenters. The summed E-state index contributed by atoms with van der Waals surface area (Å²) in [6.45, 7) is 3.73. The SMILES string of the molecule is CCCNCc1ccc(-c2cc(F)ccc2F)c(Cl)c1. The highest BCUT2D eigenvalue weighted by molar-refractivity contribution is 6.33. The van der Waals surface area contributed by atoms with E-state index in [-0.39, 0.29) is 5.56 Å². The Balaban J connectivity index is 2.27. The lowest BCUT2D eigenvalue weighted by Crippen LogP contribution is -2.13.